The first-order valence-corrected chi connectivity index (χ1v) is 4.23. The quantitative estimate of drug-likeness (QED) is 0.816. The molecule has 0 saturated heterocycles. The smallest absolute Gasteiger partial charge is 0.306 e. The van der Waals surface area contributed by atoms with Crippen LogP contribution in [0, 0.1) is 5.82 Å². The van der Waals surface area contributed by atoms with Crippen molar-refractivity contribution < 1.29 is 19.4 Å². The summed E-state index contributed by atoms with van der Waals surface area (Å²) >= 11 is 5.46. The molecule has 1 aromatic rings. The first-order valence-electron chi connectivity index (χ1n) is 3.85. The van der Waals surface area contributed by atoms with Gasteiger partial charge in [-0.05, 0) is 17.7 Å². The molecule has 0 aromatic heterocycles. The van der Waals surface area contributed by atoms with Crippen LogP contribution in [0.25, 0.3) is 0 Å². The molecule has 0 unspecified atom stereocenters. The fourth-order valence-electron chi connectivity index (χ4n) is 1.00. The minimum absolute atomic E-state index is 0.132. The Morgan fingerprint density at radius 1 is 1.57 bits per heavy atom. The number of aliphatic hydroxyl groups excluding tert-OH is 1. The van der Waals surface area contributed by atoms with Crippen LogP contribution in [0.15, 0.2) is 18.2 Å². The predicted molar refractivity (Wildman–Crippen MR) is 48.6 cm³/mol. The van der Waals surface area contributed by atoms with Crippen molar-refractivity contribution in [2.24, 2.45) is 0 Å². The lowest BCUT2D eigenvalue weighted by Gasteiger charge is -2.08. The molecule has 2 N–H and O–H groups in total. The van der Waals surface area contributed by atoms with E-state index in [1.807, 2.05) is 0 Å². The van der Waals surface area contributed by atoms with E-state index in [1.165, 1.54) is 12.1 Å². The van der Waals surface area contributed by atoms with E-state index in [9.17, 15) is 14.3 Å². The number of halogens is 2. The molecule has 0 heterocycles. The number of carboxylic acids is 1. The van der Waals surface area contributed by atoms with Crippen LogP contribution in [0.4, 0.5) is 4.39 Å². The Morgan fingerprint density at radius 3 is 2.71 bits per heavy atom. The Labute approximate surface area is 84.7 Å². The van der Waals surface area contributed by atoms with Gasteiger partial charge in [0.1, 0.15) is 5.82 Å². The number of carbonyl (C=O) groups is 1. The maximum absolute atomic E-state index is 12.7. The summed E-state index contributed by atoms with van der Waals surface area (Å²) in [5.41, 5.74) is 0.291. The maximum atomic E-state index is 12.7. The van der Waals surface area contributed by atoms with E-state index in [0.717, 1.165) is 6.07 Å². The third-order valence-corrected chi connectivity index (χ3v) is 1.99. The van der Waals surface area contributed by atoms with Crippen molar-refractivity contribution in [2.75, 3.05) is 0 Å². The molecule has 0 aliphatic heterocycles. The van der Waals surface area contributed by atoms with Crippen molar-refractivity contribution >= 4 is 17.6 Å². The van der Waals surface area contributed by atoms with Gasteiger partial charge in [0.05, 0.1) is 17.5 Å². The van der Waals surface area contributed by atoms with Crippen LogP contribution < -0.4 is 0 Å². The Kier molecular flexibility index (Phi) is 3.43. The number of aliphatic hydroxyl groups is 1. The number of hydrogen-bond donors (Lipinski definition) is 2. The summed E-state index contributed by atoms with van der Waals surface area (Å²) in [5, 5.41) is 17.6. The average Bonchev–Trinajstić information content (AvgIpc) is 2.08. The topological polar surface area (TPSA) is 57.5 Å². The largest absolute Gasteiger partial charge is 0.481 e. The van der Waals surface area contributed by atoms with Gasteiger partial charge in [0.15, 0.2) is 0 Å². The number of rotatable bonds is 3. The SMILES string of the molecule is O=C(O)C[C@H](O)c1ccc(F)c(Cl)c1. The van der Waals surface area contributed by atoms with E-state index in [4.69, 9.17) is 16.7 Å². The average molecular weight is 219 g/mol. The molecule has 0 aliphatic rings. The Balaban J connectivity index is 2.85. The van der Waals surface area contributed by atoms with Gasteiger partial charge in [0.2, 0.25) is 0 Å². The van der Waals surface area contributed by atoms with Crippen LogP contribution in [0.2, 0.25) is 5.02 Å². The first kappa shape index (κ1) is 10.9. The standard InChI is InChI=1S/C9H8ClFO3/c10-6-3-5(1-2-7(6)11)8(12)4-9(13)14/h1-3,8,12H,4H2,(H,13,14)/t8-/m0/s1. The van der Waals surface area contributed by atoms with E-state index in [1.54, 1.807) is 0 Å². The molecule has 0 radical (unpaired) electrons. The summed E-state index contributed by atoms with van der Waals surface area (Å²) in [6, 6.07) is 3.60. The number of benzene rings is 1. The van der Waals surface area contributed by atoms with Crippen molar-refractivity contribution in [3.8, 4) is 0 Å². The zero-order chi connectivity index (χ0) is 10.7. The van der Waals surface area contributed by atoms with Crippen LogP contribution in [0.5, 0.6) is 0 Å². The van der Waals surface area contributed by atoms with E-state index in [-0.39, 0.29) is 5.02 Å². The van der Waals surface area contributed by atoms with E-state index in [0.29, 0.717) is 5.56 Å². The molecule has 76 valence electrons. The lowest BCUT2D eigenvalue weighted by atomic mass is 10.1. The van der Waals surface area contributed by atoms with Crippen LogP contribution in [0.3, 0.4) is 0 Å². The minimum Gasteiger partial charge on any atom is -0.481 e. The zero-order valence-corrected chi connectivity index (χ0v) is 7.83. The van der Waals surface area contributed by atoms with E-state index in [2.05, 4.69) is 0 Å². The first-order chi connectivity index (χ1) is 6.50. The fraction of sp³-hybridized carbons (Fsp3) is 0.222. The summed E-state index contributed by atoms with van der Waals surface area (Å²) < 4.78 is 12.7. The molecule has 3 nitrogen and oxygen atoms in total. The molecule has 5 heteroatoms. The van der Waals surface area contributed by atoms with Gasteiger partial charge in [-0.2, -0.15) is 0 Å². The molecule has 0 saturated carbocycles. The number of carboxylic acid groups (broad SMARTS) is 1. The summed E-state index contributed by atoms with van der Waals surface area (Å²) in [7, 11) is 0. The van der Waals surface area contributed by atoms with Crippen LogP contribution in [-0.4, -0.2) is 16.2 Å². The summed E-state index contributed by atoms with van der Waals surface area (Å²) in [4.78, 5) is 10.3. The van der Waals surface area contributed by atoms with Gasteiger partial charge >= 0.3 is 5.97 Å². The van der Waals surface area contributed by atoms with Gasteiger partial charge in [-0.15, -0.1) is 0 Å². The number of aliphatic carboxylic acids is 1. The lowest BCUT2D eigenvalue weighted by Crippen LogP contribution is -2.05. The second-order valence-corrected chi connectivity index (χ2v) is 3.19. The Morgan fingerprint density at radius 2 is 2.21 bits per heavy atom. The molecule has 0 fully saturated rings. The summed E-state index contributed by atoms with van der Waals surface area (Å²) in [6.45, 7) is 0. The van der Waals surface area contributed by atoms with E-state index < -0.39 is 24.3 Å². The lowest BCUT2D eigenvalue weighted by molar-refractivity contribution is -0.139. The van der Waals surface area contributed by atoms with Gasteiger partial charge in [-0.3, -0.25) is 4.79 Å². The van der Waals surface area contributed by atoms with Gasteiger partial charge in [0, 0.05) is 0 Å². The third-order valence-electron chi connectivity index (χ3n) is 1.70. The van der Waals surface area contributed by atoms with Crippen molar-refractivity contribution in [3.05, 3.63) is 34.6 Å². The van der Waals surface area contributed by atoms with Crippen molar-refractivity contribution in [2.45, 2.75) is 12.5 Å². The van der Waals surface area contributed by atoms with Crippen molar-refractivity contribution in [3.63, 3.8) is 0 Å². The summed E-state index contributed by atoms with van der Waals surface area (Å²) in [6.07, 6.45) is -1.59. The number of hydrogen-bond acceptors (Lipinski definition) is 2. The molecule has 0 bridgehead atoms. The highest BCUT2D eigenvalue weighted by atomic mass is 35.5. The highest BCUT2D eigenvalue weighted by molar-refractivity contribution is 6.30. The van der Waals surface area contributed by atoms with E-state index >= 15 is 0 Å². The fourth-order valence-corrected chi connectivity index (χ4v) is 1.19. The van der Waals surface area contributed by atoms with Crippen molar-refractivity contribution in [1.29, 1.82) is 0 Å². The van der Waals surface area contributed by atoms with Crippen LogP contribution >= 0.6 is 11.6 Å². The molecule has 1 atom stereocenters. The molecule has 0 aliphatic carbocycles. The normalized spacial score (nSPS) is 12.5. The predicted octanol–water partition coefficient (Wildman–Crippen LogP) is 1.99. The van der Waals surface area contributed by atoms with Crippen LogP contribution in [-0.2, 0) is 4.79 Å². The monoisotopic (exact) mass is 218 g/mol. The molecule has 0 amide bonds. The highest BCUT2D eigenvalue weighted by Crippen LogP contribution is 2.22. The molecular formula is C9H8ClFO3. The molecule has 0 spiro atoms. The van der Waals surface area contributed by atoms with Gasteiger partial charge < -0.3 is 10.2 Å². The van der Waals surface area contributed by atoms with Gasteiger partial charge in [0.25, 0.3) is 0 Å². The van der Waals surface area contributed by atoms with Gasteiger partial charge in [-0.1, -0.05) is 17.7 Å². The summed E-state index contributed by atoms with van der Waals surface area (Å²) in [5.74, 6) is -1.73. The highest BCUT2D eigenvalue weighted by Gasteiger charge is 2.13. The van der Waals surface area contributed by atoms with Crippen LogP contribution in [0.1, 0.15) is 18.1 Å². The minimum atomic E-state index is -1.16. The zero-order valence-electron chi connectivity index (χ0n) is 7.08. The second kappa shape index (κ2) is 4.39. The van der Waals surface area contributed by atoms with Crippen molar-refractivity contribution in [1.82, 2.24) is 0 Å². The molecule has 1 aromatic carbocycles. The Bertz CT molecular complexity index is 354. The van der Waals surface area contributed by atoms with Gasteiger partial charge in [-0.25, -0.2) is 4.39 Å². The molecular weight excluding hydrogens is 211 g/mol. The third kappa shape index (κ3) is 2.68. The molecule has 14 heavy (non-hydrogen) atoms. The second-order valence-electron chi connectivity index (χ2n) is 2.79. The Hall–Kier alpha value is -1.13. The molecule has 1 rings (SSSR count). The maximum Gasteiger partial charge on any atom is 0.306 e.